The van der Waals surface area contributed by atoms with E-state index in [9.17, 15) is 4.79 Å². The van der Waals surface area contributed by atoms with E-state index in [1.165, 1.54) is 12.1 Å². The van der Waals surface area contributed by atoms with Gasteiger partial charge in [0.25, 0.3) is 5.91 Å². The number of aliphatic imine (C=N–C) groups is 1. The van der Waals surface area contributed by atoms with Crippen molar-refractivity contribution in [2.24, 2.45) is 22.3 Å². The maximum absolute atomic E-state index is 11.5. The molecule has 0 saturated heterocycles. The number of hydrazine groups is 1. The Bertz CT molecular complexity index is 983. The van der Waals surface area contributed by atoms with Crippen LogP contribution in [-0.2, 0) is 11.4 Å². The normalized spacial score (nSPS) is 12.4. The first-order chi connectivity index (χ1) is 13.7. The van der Waals surface area contributed by atoms with Crippen molar-refractivity contribution in [3.05, 3.63) is 63.7 Å². The Morgan fingerprint density at radius 3 is 2.48 bits per heavy atom. The monoisotopic (exact) mass is 415 g/mol. The fraction of sp³-hybridized carbons (Fsp3) is 0.238. The maximum Gasteiger partial charge on any atom is 0.267 e. The van der Waals surface area contributed by atoms with Gasteiger partial charge in [-0.3, -0.25) is 9.79 Å². The largest absolute Gasteiger partial charge is 0.488 e. The van der Waals surface area contributed by atoms with Gasteiger partial charge in [0.05, 0.1) is 5.69 Å². The molecule has 6 N–H and O–H groups in total. The topological polar surface area (TPSA) is 120 Å². The number of nitrogens with two attached hydrogens (primary N) is 3. The molecule has 0 bridgehead atoms. The van der Waals surface area contributed by atoms with Gasteiger partial charge in [0, 0.05) is 36.0 Å². The van der Waals surface area contributed by atoms with Crippen molar-refractivity contribution in [3.8, 4) is 5.75 Å². The van der Waals surface area contributed by atoms with Crippen LogP contribution in [-0.4, -0.2) is 25.7 Å². The van der Waals surface area contributed by atoms with Crippen molar-refractivity contribution in [2.45, 2.75) is 20.5 Å². The minimum atomic E-state index is -0.620. The van der Waals surface area contributed by atoms with Crippen molar-refractivity contribution >= 4 is 34.6 Å². The number of carbonyl (C=O) groups excluding carboxylic acids is 1. The summed E-state index contributed by atoms with van der Waals surface area (Å²) in [4.78, 5) is 15.4. The number of halogens is 1. The molecular weight excluding hydrogens is 390 g/mol. The van der Waals surface area contributed by atoms with E-state index in [0.717, 1.165) is 22.4 Å². The van der Waals surface area contributed by atoms with E-state index in [-0.39, 0.29) is 12.3 Å². The Morgan fingerprint density at radius 1 is 1.24 bits per heavy atom. The molecule has 7 nitrogen and oxygen atoms in total. The van der Waals surface area contributed by atoms with Crippen molar-refractivity contribution in [1.29, 1.82) is 0 Å². The number of ether oxygens (including phenoxy) is 1. The zero-order valence-corrected chi connectivity index (χ0v) is 17.7. The second-order valence-electron chi connectivity index (χ2n) is 6.59. The third kappa shape index (κ3) is 5.07. The number of hydrogen-bond donors (Lipinski definition) is 3. The molecule has 154 valence electrons. The van der Waals surface area contributed by atoms with Crippen LogP contribution in [0.4, 0.5) is 5.69 Å². The van der Waals surface area contributed by atoms with Gasteiger partial charge in [-0.2, -0.15) is 0 Å². The molecule has 0 aliphatic heterocycles. The maximum atomic E-state index is 11.5. The fourth-order valence-corrected chi connectivity index (χ4v) is 3.18. The summed E-state index contributed by atoms with van der Waals surface area (Å²) in [5, 5.41) is 2.08. The molecule has 2 rings (SSSR count). The molecule has 0 saturated carbocycles. The molecule has 0 aliphatic carbocycles. The second-order valence-corrected chi connectivity index (χ2v) is 7.00. The van der Waals surface area contributed by atoms with Gasteiger partial charge < -0.3 is 21.2 Å². The fourth-order valence-electron chi connectivity index (χ4n) is 2.96. The third-order valence-electron chi connectivity index (χ3n) is 4.55. The van der Waals surface area contributed by atoms with Crippen molar-refractivity contribution in [1.82, 2.24) is 0 Å². The van der Waals surface area contributed by atoms with Gasteiger partial charge in [-0.25, -0.2) is 5.84 Å². The van der Waals surface area contributed by atoms with Crippen LogP contribution in [0.5, 0.6) is 5.75 Å². The molecular formula is C21H26ClN5O2. The molecule has 1 amide bonds. The highest BCUT2D eigenvalue weighted by Gasteiger charge is 2.15. The average Bonchev–Trinajstić information content (AvgIpc) is 2.67. The molecule has 0 unspecified atom stereocenters. The Hall–Kier alpha value is -3.03. The molecule has 0 radical (unpaired) electrons. The van der Waals surface area contributed by atoms with E-state index in [2.05, 4.69) is 4.99 Å². The van der Waals surface area contributed by atoms with Crippen molar-refractivity contribution < 1.29 is 9.53 Å². The first kappa shape index (κ1) is 22.3. The molecule has 8 heteroatoms. The van der Waals surface area contributed by atoms with Crippen LogP contribution in [0.3, 0.4) is 0 Å². The number of benzene rings is 2. The van der Waals surface area contributed by atoms with Crippen LogP contribution in [0.15, 0.2) is 47.0 Å². The molecule has 0 aromatic heterocycles. The standard InChI is InChI=1S/C21H26ClN5O2/c1-12-10-14(19(23)13(2)20(26-3)21(24)28)8-9-18(12)29-11-15-16(22)6-5-7-17(15)27(4)25/h5-10H,11,23,25H2,1-4H3,(H2,24,28). The summed E-state index contributed by atoms with van der Waals surface area (Å²) in [5.74, 6) is 5.94. The highest BCUT2D eigenvalue weighted by molar-refractivity contribution is 6.45. The van der Waals surface area contributed by atoms with E-state index in [1.54, 1.807) is 20.0 Å². The van der Waals surface area contributed by atoms with E-state index >= 15 is 0 Å². The number of carbonyl (C=O) groups is 1. The first-order valence-corrected chi connectivity index (χ1v) is 9.28. The summed E-state index contributed by atoms with van der Waals surface area (Å²) in [5.41, 5.74) is 15.9. The lowest BCUT2D eigenvalue weighted by Crippen LogP contribution is -2.26. The van der Waals surface area contributed by atoms with E-state index < -0.39 is 5.91 Å². The Morgan fingerprint density at radius 2 is 1.93 bits per heavy atom. The smallest absolute Gasteiger partial charge is 0.267 e. The number of nitrogens with zero attached hydrogens (tertiary/aromatic N) is 2. The molecule has 29 heavy (non-hydrogen) atoms. The van der Waals surface area contributed by atoms with Gasteiger partial charge in [0.2, 0.25) is 0 Å². The van der Waals surface area contributed by atoms with E-state index in [0.29, 0.717) is 22.0 Å². The number of amides is 1. The predicted molar refractivity (Wildman–Crippen MR) is 119 cm³/mol. The molecule has 2 aromatic rings. The summed E-state index contributed by atoms with van der Waals surface area (Å²) < 4.78 is 5.98. The highest BCUT2D eigenvalue weighted by atomic mass is 35.5. The molecule has 0 spiro atoms. The third-order valence-corrected chi connectivity index (χ3v) is 4.90. The van der Waals surface area contributed by atoms with Crippen LogP contribution < -0.4 is 27.1 Å². The lowest BCUT2D eigenvalue weighted by Gasteiger charge is -2.19. The van der Waals surface area contributed by atoms with Gasteiger partial charge in [-0.15, -0.1) is 0 Å². The summed E-state index contributed by atoms with van der Waals surface area (Å²) >= 11 is 6.32. The number of hydrogen-bond acceptors (Lipinski definition) is 6. The van der Waals surface area contributed by atoms with E-state index in [1.807, 2.05) is 37.3 Å². The second kappa shape index (κ2) is 9.45. The van der Waals surface area contributed by atoms with Gasteiger partial charge in [0.1, 0.15) is 18.1 Å². The zero-order chi connectivity index (χ0) is 21.7. The van der Waals surface area contributed by atoms with E-state index in [4.69, 9.17) is 33.6 Å². The van der Waals surface area contributed by atoms with Gasteiger partial charge in [-0.1, -0.05) is 17.7 Å². The zero-order valence-electron chi connectivity index (χ0n) is 17.0. The minimum Gasteiger partial charge on any atom is -0.488 e. The molecule has 0 heterocycles. The lowest BCUT2D eigenvalue weighted by atomic mass is 10.0. The minimum absolute atomic E-state index is 0.151. The Balaban J connectivity index is 2.29. The molecule has 2 aromatic carbocycles. The predicted octanol–water partition coefficient (Wildman–Crippen LogP) is 2.78. The number of primary amides is 1. The molecule has 0 aliphatic rings. The van der Waals surface area contributed by atoms with Crippen LogP contribution in [0.1, 0.15) is 23.6 Å². The summed E-state index contributed by atoms with van der Waals surface area (Å²) in [7, 11) is 3.24. The average molecular weight is 416 g/mol. The number of aryl methyl sites for hydroxylation is 1. The highest BCUT2D eigenvalue weighted by Crippen LogP contribution is 2.29. The molecule has 0 fully saturated rings. The van der Waals surface area contributed by atoms with Gasteiger partial charge in [-0.05, 0) is 55.3 Å². The SMILES string of the molecule is CN=C(C(N)=O)C(C)=C(N)c1ccc(OCc2c(Cl)cccc2N(C)N)c(C)c1. The quantitative estimate of drug-likeness (QED) is 0.365. The summed E-state index contributed by atoms with van der Waals surface area (Å²) in [6.45, 7) is 3.88. The first-order valence-electron chi connectivity index (χ1n) is 8.90. The lowest BCUT2D eigenvalue weighted by molar-refractivity contribution is -0.111. The summed E-state index contributed by atoms with van der Waals surface area (Å²) in [6, 6.07) is 11.0. The Kier molecular flexibility index (Phi) is 7.25. The van der Waals surface area contributed by atoms with Gasteiger partial charge >= 0.3 is 0 Å². The number of anilines is 1. The Labute approximate surface area is 175 Å². The van der Waals surface area contributed by atoms with Crippen LogP contribution in [0.25, 0.3) is 5.70 Å². The van der Waals surface area contributed by atoms with Crippen LogP contribution in [0, 0.1) is 6.92 Å². The number of rotatable bonds is 7. The summed E-state index contributed by atoms with van der Waals surface area (Å²) in [6.07, 6.45) is 0. The van der Waals surface area contributed by atoms with Crippen LogP contribution >= 0.6 is 11.6 Å². The van der Waals surface area contributed by atoms with Crippen molar-refractivity contribution in [3.63, 3.8) is 0 Å². The molecule has 0 atom stereocenters. The van der Waals surface area contributed by atoms with Crippen LogP contribution in [0.2, 0.25) is 5.02 Å². The van der Waals surface area contributed by atoms with Crippen molar-refractivity contribution in [2.75, 3.05) is 19.1 Å². The van der Waals surface area contributed by atoms with Gasteiger partial charge in [0.15, 0.2) is 0 Å².